The number of benzene rings is 2. The van der Waals surface area contributed by atoms with Gasteiger partial charge in [0.05, 0.1) is 21.8 Å². The molecule has 0 unspecified atom stereocenters. The van der Waals surface area contributed by atoms with Crippen LogP contribution in [0.15, 0.2) is 58.5 Å². The largest absolute Gasteiger partial charge is 0.323 e. The Labute approximate surface area is 167 Å². The van der Waals surface area contributed by atoms with Gasteiger partial charge in [0.25, 0.3) is 5.56 Å². The Bertz CT molecular complexity index is 1050. The van der Waals surface area contributed by atoms with Crippen LogP contribution in [0.25, 0.3) is 10.9 Å². The van der Waals surface area contributed by atoms with Crippen molar-refractivity contribution < 1.29 is 9.18 Å². The first kappa shape index (κ1) is 20.1. The molecule has 1 heterocycles. The molecule has 0 bridgehead atoms. The second-order valence-corrected chi connectivity index (χ2v) is 7.76. The van der Waals surface area contributed by atoms with Gasteiger partial charge in [-0.15, -0.1) is 0 Å². The van der Waals surface area contributed by atoms with Crippen LogP contribution in [0, 0.1) is 5.82 Å². The molecule has 0 radical (unpaired) electrons. The van der Waals surface area contributed by atoms with Crippen molar-refractivity contribution in [3.8, 4) is 0 Å². The van der Waals surface area contributed by atoms with Crippen LogP contribution in [0.2, 0.25) is 0 Å². The normalized spacial score (nSPS) is 12.1. The third kappa shape index (κ3) is 4.42. The van der Waals surface area contributed by atoms with Gasteiger partial charge in [0.15, 0.2) is 5.16 Å². The van der Waals surface area contributed by atoms with Crippen LogP contribution in [-0.4, -0.2) is 20.7 Å². The van der Waals surface area contributed by atoms with E-state index in [1.165, 1.54) is 23.9 Å². The number of amides is 1. The van der Waals surface area contributed by atoms with E-state index in [4.69, 9.17) is 0 Å². The van der Waals surface area contributed by atoms with Gasteiger partial charge < -0.3 is 5.32 Å². The molecule has 1 N–H and O–H groups in total. The third-order valence-electron chi connectivity index (χ3n) is 4.35. The molecule has 0 aliphatic carbocycles. The molecule has 3 aromatic rings. The number of carbonyl (C=O) groups excluding carboxylic acids is 1. The van der Waals surface area contributed by atoms with Crippen LogP contribution in [0.4, 0.5) is 10.1 Å². The molecule has 5 nitrogen and oxygen atoms in total. The molecule has 7 heteroatoms. The van der Waals surface area contributed by atoms with Crippen molar-refractivity contribution in [2.45, 2.75) is 43.6 Å². The number of carbonyl (C=O) groups is 1. The van der Waals surface area contributed by atoms with E-state index >= 15 is 0 Å². The van der Waals surface area contributed by atoms with E-state index in [0.717, 1.165) is 12.8 Å². The average Bonchev–Trinajstić information content (AvgIpc) is 2.69. The summed E-state index contributed by atoms with van der Waals surface area (Å²) in [4.78, 5) is 30.0. The molecule has 0 saturated carbocycles. The summed E-state index contributed by atoms with van der Waals surface area (Å²) >= 11 is 1.20. The highest BCUT2D eigenvalue weighted by Gasteiger charge is 2.20. The molecule has 1 amide bonds. The number of halogens is 1. The summed E-state index contributed by atoms with van der Waals surface area (Å²) < 4.78 is 15.4. The lowest BCUT2D eigenvalue weighted by molar-refractivity contribution is -0.115. The van der Waals surface area contributed by atoms with Crippen molar-refractivity contribution in [1.82, 2.24) is 9.55 Å². The van der Waals surface area contributed by atoms with Gasteiger partial charge >= 0.3 is 0 Å². The molecule has 0 fully saturated rings. The number of rotatable bonds is 7. The van der Waals surface area contributed by atoms with Crippen molar-refractivity contribution in [3.05, 3.63) is 64.7 Å². The number of para-hydroxylation sites is 2. The molecule has 1 aromatic heterocycles. The van der Waals surface area contributed by atoms with Crippen LogP contribution in [0.1, 0.15) is 26.7 Å². The maximum Gasteiger partial charge on any atom is 0.262 e. The fourth-order valence-corrected chi connectivity index (χ4v) is 3.69. The van der Waals surface area contributed by atoms with Crippen molar-refractivity contribution in [2.24, 2.45) is 0 Å². The van der Waals surface area contributed by atoms with Gasteiger partial charge in [-0.2, -0.15) is 0 Å². The predicted molar refractivity (Wildman–Crippen MR) is 111 cm³/mol. The lowest BCUT2D eigenvalue weighted by Crippen LogP contribution is -2.27. The summed E-state index contributed by atoms with van der Waals surface area (Å²) in [6.07, 6.45) is 1.77. The van der Waals surface area contributed by atoms with Gasteiger partial charge in [-0.25, -0.2) is 9.37 Å². The first-order chi connectivity index (χ1) is 13.5. The first-order valence-corrected chi connectivity index (χ1v) is 10.1. The molecule has 3 rings (SSSR count). The van der Waals surface area contributed by atoms with E-state index in [1.807, 2.05) is 12.1 Å². The molecular weight excluding hydrogens is 377 g/mol. The third-order valence-corrected chi connectivity index (χ3v) is 5.44. The second kappa shape index (κ2) is 9.01. The Balaban J connectivity index is 1.88. The van der Waals surface area contributed by atoms with Crippen LogP contribution < -0.4 is 10.9 Å². The Morgan fingerprint density at radius 2 is 1.93 bits per heavy atom. The van der Waals surface area contributed by atoms with Crippen LogP contribution >= 0.6 is 11.8 Å². The molecular formula is C21H22FN3O2S. The maximum absolute atomic E-state index is 13.8. The Morgan fingerprint density at radius 3 is 2.68 bits per heavy atom. The smallest absolute Gasteiger partial charge is 0.262 e. The molecule has 1 atom stereocenters. The SMILES string of the molecule is CCCCn1c(S[C@H](C)C(=O)Nc2ccccc2F)nc2ccccc2c1=O. The van der Waals surface area contributed by atoms with Crippen LogP contribution in [-0.2, 0) is 11.3 Å². The highest BCUT2D eigenvalue weighted by molar-refractivity contribution is 8.00. The number of unbranched alkanes of at least 4 members (excludes halogenated alkanes) is 1. The summed E-state index contributed by atoms with van der Waals surface area (Å²) in [7, 11) is 0. The molecule has 2 aromatic carbocycles. The first-order valence-electron chi connectivity index (χ1n) is 9.23. The van der Waals surface area contributed by atoms with Gasteiger partial charge in [0, 0.05) is 6.54 Å². The minimum atomic E-state index is -0.555. The Morgan fingerprint density at radius 1 is 1.21 bits per heavy atom. The number of nitrogens with zero attached hydrogens (tertiary/aromatic N) is 2. The van der Waals surface area contributed by atoms with E-state index in [-0.39, 0.29) is 17.2 Å². The zero-order valence-corrected chi connectivity index (χ0v) is 16.6. The van der Waals surface area contributed by atoms with E-state index in [9.17, 15) is 14.0 Å². The fraction of sp³-hybridized carbons (Fsp3) is 0.286. The van der Waals surface area contributed by atoms with Crippen LogP contribution in [0.5, 0.6) is 0 Å². The van der Waals surface area contributed by atoms with Crippen molar-refractivity contribution in [1.29, 1.82) is 0 Å². The number of aromatic nitrogens is 2. The van der Waals surface area contributed by atoms with E-state index in [1.54, 1.807) is 35.8 Å². The topological polar surface area (TPSA) is 64.0 Å². The number of thioether (sulfide) groups is 1. The molecule has 28 heavy (non-hydrogen) atoms. The van der Waals surface area contributed by atoms with E-state index in [0.29, 0.717) is 22.6 Å². The molecule has 0 spiro atoms. The zero-order chi connectivity index (χ0) is 20.1. The Hall–Kier alpha value is -2.67. The summed E-state index contributed by atoms with van der Waals surface area (Å²) in [5, 5.41) is 3.09. The highest BCUT2D eigenvalue weighted by atomic mass is 32.2. The summed E-state index contributed by atoms with van der Waals surface area (Å²) in [5.41, 5.74) is 0.627. The van der Waals surface area contributed by atoms with E-state index < -0.39 is 11.1 Å². The van der Waals surface area contributed by atoms with Gasteiger partial charge in [-0.3, -0.25) is 14.2 Å². The van der Waals surface area contributed by atoms with Crippen molar-refractivity contribution in [3.63, 3.8) is 0 Å². The number of hydrogen-bond donors (Lipinski definition) is 1. The number of nitrogens with one attached hydrogen (secondary N) is 1. The predicted octanol–water partition coefficient (Wildman–Crippen LogP) is 4.46. The number of hydrogen-bond acceptors (Lipinski definition) is 4. The summed E-state index contributed by atoms with van der Waals surface area (Å²) in [6, 6.07) is 13.2. The lowest BCUT2D eigenvalue weighted by atomic mass is 10.2. The lowest BCUT2D eigenvalue weighted by Gasteiger charge is -2.16. The fourth-order valence-electron chi connectivity index (χ4n) is 2.76. The van der Waals surface area contributed by atoms with Gasteiger partial charge in [-0.05, 0) is 37.6 Å². The molecule has 146 valence electrons. The second-order valence-electron chi connectivity index (χ2n) is 6.45. The maximum atomic E-state index is 13.8. The zero-order valence-electron chi connectivity index (χ0n) is 15.8. The summed E-state index contributed by atoms with van der Waals surface area (Å²) in [5.74, 6) is -0.837. The van der Waals surface area contributed by atoms with Crippen molar-refractivity contribution in [2.75, 3.05) is 5.32 Å². The van der Waals surface area contributed by atoms with E-state index in [2.05, 4.69) is 17.2 Å². The average molecular weight is 399 g/mol. The summed E-state index contributed by atoms with van der Waals surface area (Å²) in [6.45, 7) is 4.31. The number of fused-ring (bicyclic) bond motifs is 1. The standard InChI is InChI=1S/C21H22FN3O2S/c1-3-4-13-25-20(27)15-9-5-7-11-17(15)24-21(25)28-14(2)19(26)23-18-12-8-6-10-16(18)22/h5-12,14H,3-4,13H2,1-2H3,(H,23,26)/t14-/m1/s1. The van der Waals surface area contributed by atoms with Gasteiger partial charge in [0.1, 0.15) is 5.82 Å². The van der Waals surface area contributed by atoms with Gasteiger partial charge in [0.2, 0.25) is 5.91 Å². The minimum absolute atomic E-state index is 0.108. The number of anilines is 1. The minimum Gasteiger partial charge on any atom is -0.323 e. The molecule has 0 aliphatic rings. The van der Waals surface area contributed by atoms with Gasteiger partial charge in [-0.1, -0.05) is 49.4 Å². The van der Waals surface area contributed by atoms with Crippen molar-refractivity contribution >= 4 is 34.3 Å². The quantitative estimate of drug-likeness (QED) is 0.471. The highest BCUT2D eigenvalue weighted by Crippen LogP contribution is 2.24. The monoisotopic (exact) mass is 399 g/mol. The Kier molecular flexibility index (Phi) is 6.46. The molecule has 0 aliphatic heterocycles. The molecule has 0 saturated heterocycles. The van der Waals surface area contributed by atoms with Crippen LogP contribution in [0.3, 0.4) is 0 Å².